The van der Waals surface area contributed by atoms with E-state index in [1.54, 1.807) is 13.2 Å². The molecule has 0 aliphatic carbocycles. The van der Waals surface area contributed by atoms with Crippen LogP contribution >= 0.6 is 0 Å². The summed E-state index contributed by atoms with van der Waals surface area (Å²) in [7, 11) is 2.91. The first-order valence-electron chi connectivity index (χ1n) is 8.94. The van der Waals surface area contributed by atoms with Crippen molar-refractivity contribution in [2.24, 2.45) is 0 Å². The topological polar surface area (TPSA) is 73.9 Å². The number of nitrogens with one attached hydrogen (secondary N) is 1. The van der Waals surface area contributed by atoms with Crippen LogP contribution in [0.5, 0.6) is 11.5 Å². The quantitative estimate of drug-likeness (QED) is 0.350. The van der Waals surface area contributed by atoms with Crippen LogP contribution in [0.25, 0.3) is 6.08 Å². The highest BCUT2D eigenvalue weighted by Crippen LogP contribution is 2.28. The van der Waals surface area contributed by atoms with Crippen molar-refractivity contribution in [3.05, 3.63) is 29.8 Å². The number of carbonyl (C=O) groups excluding carboxylic acids is 2. The number of carbonyl (C=O) groups is 2. The molecule has 0 bridgehead atoms. The third kappa shape index (κ3) is 8.55. The number of rotatable bonds is 12. The molecule has 0 spiro atoms. The van der Waals surface area contributed by atoms with E-state index in [0.717, 1.165) is 18.4 Å². The van der Waals surface area contributed by atoms with Crippen molar-refractivity contribution in [2.45, 2.75) is 39.0 Å². The van der Waals surface area contributed by atoms with Crippen molar-refractivity contribution in [1.82, 2.24) is 5.32 Å². The Morgan fingerprint density at radius 1 is 1.12 bits per heavy atom. The molecule has 1 aromatic rings. The zero-order valence-corrected chi connectivity index (χ0v) is 15.9. The molecule has 0 saturated heterocycles. The summed E-state index contributed by atoms with van der Waals surface area (Å²) < 4.78 is 15.6. The molecule has 0 aromatic heterocycles. The molecule has 1 amide bonds. The van der Waals surface area contributed by atoms with Crippen molar-refractivity contribution in [3.63, 3.8) is 0 Å². The van der Waals surface area contributed by atoms with Gasteiger partial charge in [0.25, 0.3) is 0 Å². The van der Waals surface area contributed by atoms with Crippen molar-refractivity contribution in [2.75, 3.05) is 27.4 Å². The summed E-state index contributed by atoms with van der Waals surface area (Å²) in [4.78, 5) is 22.7. The summed E-state index contributed by atoms with van der Waals surface area (Å²) >= 11 is 0. The number of amides is 1. The first-order valence-corrected chi connectivity index (χ1v) is 8.94. The highest BCUT2D eigenvalue weighted by Gasteiger charge is 2.05. The number of benzene rings is 1. The molecule has 0 unspecified atom stereocenters. The van der Waals surface area contributed by atoms with Gasteiger partial charge in [0, 0.05) is 12.6 Å². The lowest BCUT2D eigenvalue weighted by Crippen LogP contribution is -2.24. The van der Waals surface area contributed by atoms with Gasteiger partial charge in [0.2, 0.25) is 5.91 Å². The van der Waals surface area contributed by atoms with E-state index < -0.39 is 0 Å². The van der Waals surface area contributed by atoms with E-state index in [1.165, 1.54) is 26.0 Å². The van der Waals surface area contributed by atoms with Gasteiger partial charge in [-0.05, 0) is 30.2 Å². The maximum absolute atomic E-state index is 11.7. The van der Waals surface area contributed by atoms with E-state index >= 15 is 0 Å². The lowest BCUT2D eigenvalue weighted by atomic mass is 10.2. The normalized spacial score (nSPS) is 10.6. The van der Waals surface area contributed by atoms with Crippen LogP contribution in [0.4, 0.5) is 0 Å². The molecule has 0 atom stereocenters. The molecule has 26 heavy (non-hydrogen) atoms. The van der Waals surface area contributed by atoms with E-state index in [0.29, 0.717) is 18.1 Å². The Bertz CT molecular complexity index is 598. The predicted octanol–water partition coefficient (Wildman–Crippen LogP) is 3.35. The van der Waals surface area contributed by atoms with Gasteiger partial charge in [-0.15, -0.1) is 0 Å². The number of esters is 1. The maximum atomic E-state index is 11.7. The Kier molecular flexibility index (Phi) is 10.6. The molecule has 0 saturated carbocycles. The van der Waals surface area contributed by atoms with Gasteiger partial charge in [-0.1, -0.05) is 32.3 Å². The third-order valence-corrected chi connectivity index (χ3v) is 3.73. The highest BCUT2D eigenvalue weighted by molar-refractivity contribution is 5.92. The SMILES string of the molecule is CCCCCCOc1ccc(/C=C/C(=O)NCCC(=O)OC)cc1OC. The molecule has 0 heterocycles. The fourth-order valence-corrected chi connectivity index (χ4v) is 2.24. The van der Waals surface area contributed by atoms with Gasteiger partial charge in [-0.2, -0.15) is 0 Å². The molecule has 0 radical (unpaired) electrons. The second kappa shape index (κ2) is 12.8. The van der Waals surface area contributed by atoms with Gasteiger partial charge in [0.1, 0.15) is 0 Å². The third-order valence-electron chi connectivity index (χ3n) is 3.73. The van der Waals surface area contributed by atoms with Crippen LogP contribution in [0.1, 0.15) is 44.6 Å². The minimum absolute atomic E-state index is 0.147. The zero-order valence-electron chi connectivity index (χ0n) is 15.9. The van der Waals surface area contributed by atoms with Crippen molar-refractivity contribution < 1.29 is 23.8 Å². The van der Waals surface area contributed by atoms with Crippen LogP contribution in [-0.2, 0) is 14.3 Å². The smallest absolute Gasteiger partial charge is 0.307 e. The van der Waals surface area contributed by atoms with Gasteiger partial charge >= 0.3 is 5.97 Å². The Balaban J connectivity index is 2.51. The Labute approximate surface area is 155 Å². The second-order valence-electron chi connectivity index (χ2n) is 5.77. The standard InChI is InChI=1S/C20H29NO5/c1-4-5-6-7-14-26-17-10-8-16(15-18(17)24-2)9-11-19(22)21-13-12-20(23)25-3/h8-11,15H,4-7,12-14H2,1-3H3,(H,21,22)/b11-9+. The molecule has 0 aliphatic heterocycles. The van der Waals surface area contributed by atoms with E-state index in [-0.39, 0.29) is 24.8 Å². The summed E-state index contributed by atoms with van der Waals surface area (Å²) in [5.41, 5.74) is 0.823. The summed E-state index contributed by atoms with van der Waals surface area (Å²) in [6.45, 7) is 3.08. The largest absolute Gasteiger partial charge is 0.493 e. The van der Waals surface area contributed by atoms with Crippen LogP contribution in [-0.4, -0.2) is 39.2 Å². The molecule has 6 heteroatoms. The average Bonchev–Trinajstić information content (AvgIpc) is 2.66. The zero-order chi connectivity index (χ0) is 19.2. The highest BCUT2D eigenvalue weighted by atomic mass is 16.5. The molecular formula is C20H29NO5. The van der Waals surface area contributed by atoms with Crippen molar-refractivity contribution in [1.29, 1.82) is 0 Å². The Morgan fingerprint density at radius 3 is 2.62 bits per heavy atom. The van der Waals surface area contributed by atoms with Crippen LogP contribution < -0.4 is 14.8 Å². The summed E-state index contributed by atoms with van der Waals surface area (Å²) in [6.07, 6.45) is 7.83. The second-order valence-corrected chi connectivity index (χ2v) is 5.77. The minimum Gasteiger partial charge on any atom is -0.493 e. The summed E-state index contributed by atoms with van der Waals surface area (Å²) in [6, 6.07) is 5.52. The van der Waals surface area contributed by atoms with Crippen LogP contribution in [0.2, 0.25) is 0 Å². The van der Waals surface area contributed by atoms with Gasteiger partial charge < -0.3 is 19.5 Å². The number of unbranched alkanes of at least 4 members (excludes halogenated alkanes) is 3. The van der Waals surface area contributed by atoms with E-state index in [4.69, 9.17) is 9.47 Å². The summed E-state index contributed by atoms with van der Waals surface area (Å²) in [5, 5.41) is 2.62. The number of ether oxygens (including phenoxy) is 3. The molecule has 6 nitrogen and oxygen atoms in total. The Hall–Kier alpha value is -2.50. The molecular weight excluding hydrogens is 334 g/mol. The number of hydrogen-bond acceptors (Lipinski definition) is 5. The van der Waals surface area contributed by atoms with Gasteiger partial charge in [-0.3, -0.25) is 9.59 Å². The number of hydrogen-bond donors (Lipinski definition) is 1. The fourth-order valence-electron chi connectivity index (χ4n) is 2.24. The van der Waals surface area contributed by atoms with E-state index in [2.05, 4.69) is 17.0 Å². The molecule has 1 N–H and O–H groups in total. The molecule has 1 rings (SSSR count). The lowest BCUT2D eigenvalue weighted by Gasteiger charge is -2.11. The van der Waals surface area contributed by atoms with Crippen molar-refractivity contribution >= 4 is 18.0 Å². The van der Waals surface area contributed by atoms with Crippen LogP contribution in [0.3, 0.4) is 0 Å². The van der Waals surface area contributed by atoms with Gasteiger partial charge in [0.05, 0.1) is 27.2 Å². The lowest BCUT2D eigenvalue weighted by molar-refractivity contribution is -0.140. The molecule has 0 fully saturated rings. The van der Waals surface area contributed by atoms with Gasteiger partial charge in [-0.25, -0.2) is 0 Å². The maximum Gasteiger partial charge on any atom is 0.307 e. The first kappa shape index (κ1) is 21.5. The van der Waals surface area contributed by atoms with Gasteiger partial charge in [0.15, 0.2) is 11.5 Å². The molecule has 144 valence electrons. The van der Waals surface area contributed by atoms with E-state index in [1.807, 2.05) is 18.2 Å². The molecule has 1 aromatic carbocycles. The number of methoxy groups -OCH3 is 2. The Morgan fingerprint density at radius 2 is 1.92 bits per heavy atom. The van der Waals surface area contributed by atoms with Crippen molar-refractivity contribution in [3.8, 4) is 11.5 Å². The van der Waals surface area contributed by atoms with Crippen LogP contribution in [0.15, 0.2) is 24.3 Å². The first-order chi connectivity index (χ1) is 12.6. The van der Waals surface area contributed by atoms with Crippen LogP contribution in [0, 0.1) is 0 Å². The molecule has 0 aliphatic rings. The summed E-state index contributed by atoms with van der Waals surface area (Å²) in [5.74, 6) is 0.700. The monoisotopic (exact) mass is 363 g/mol. The predicted molar refractivity (Wildman–Crippen MR) is 101 cm³/mol. The van der Waals surface area contributed by atoms with E-state index in [9.17, 15) is 9.59 Å². The average molecular weight is 363 g/mol. The fraction of sp³-hybridized carbons (Fsp3) is 0.500. The minimum atomic E-state index is -0.357.